The molecule has 3 aromatic heterocycles. The maximum absolute atomic E-state index is 14.3. The van der Waals surface area contributed by atoms with Crippen molar-refractivity contribution in [1.82, 2.24) is 9.97 Å². The van der Waals surface area contributed by atoms with E-state index in [1.54, 1.807) is 0 Å². The predicted octanol–water partition coefficient (Wildman–Crippen LogP) is 11.1. The Hall–Kier alpha value is -4.22. The zero-order valence-electron chi connectivity index (χ0n) is 28.1. The van der Waals surface area contributed by atoms with Gasteiger partial charge < -0.3 is 14.4 Å². The molecule has 1 fully saturated rings. The summed E-state index contributed by atoms with van der Waals surface area (Å²) in [6.45, 7) is 7.10. The molecule has 1 aliphatic rings. The number of nitrogens with zero attached hydrogens (tertiary/aromatic N) is 2. The molecule has 1 radical (unpaired) electrons. The van der Waals surface area contributed by atoms with Crippen molar-refractivity contribution in [2.75, 3.05) is 0 Å². The van der Waals surface area contributed by atoms with Crippen LogP contribution in [0.1, 0.15) is 31.2 Å². The van der Waals surface area contributed by atoms with E-state index >= 15 is 0 Å². The Kier molecular flexibility index (Phi) is 10.7. The summed E-state index contributed by atoms with van der Waals surface area (Å²) < 4.78 is 20.1. The summed E-state index contributed by atoms with van der Waals surface area (Å²) in [6.07, 6.45) is 9.17. The molecule has 0 bridgehead atoms. The second kappa shape index (κ2) is 15.1. The van der Waals surface area contributed by atoms with E-state index in [0.29, 0.717) is 5.92 Å². The normalized spacial score (nSPS) is 13.2. The molecule has 3 nitrogen and oxygen atoms in total. The van der Waals surface area contributed by atoms with Gasteiger partial charge in [0.2, 0.25) is 0 Å². The molecule has 8 rings (SSSR count). The largest absolute Gasteiger partial charge is 0.500 e. The van der Waals surface area contributed by atoms with E-state index in [2.05, 4.69) is 91.5 Å². The Morgan fingerprint density at radius 1 is 0.755 bits per heavy atom. The van der Waals surface area contributed by atoms with Crippen LogP contribution in [-0.4, -0.2) is 18.0 Å². The fraction of sp³-hybridized carbons (Fsp3) is 0.209. The van der Waals surface area contributed by atoms with Gasteiger partial charge >= 0.3 is 0 Å². The molecular weight excluding hydrogens is 800 g/mol. The van der Waals surface area contributed by atoms with Gasteiger partial charge in [-0.05, 0) is 51.7 Å². The Bertz CT molecular complexity index is 2170. The number of fused-ring (bicyclic) bond motifs is 3. The molecule has 3 heterocycles. The van der Waals surface area contributed by atoms with Gasteiger partial charge in [-0.25, -0.2) is 4.39 Å². The number of benzene rings is 4. The van der Waals surface area contributed by atoms with Crippen LogP contribution in [0.25, 0.3) is 55.6 Å². The summed E-state index contributed by atoms with van der Waals surface area (Å²) in [4.78, 5) is 9.02. The quantitative estimate of drug-likeness (QED) is 0.124. The fourth-order valence-electron chi connectivity index (χ4n) is 6.74. The molecular formula is C43H39FIrN2OSi-2. The molecule has 49 heavy (non-hydrogen) atoms. The van der Waals surface area contributed by atoms with E-state index in [-0.39, 0.29) is 25.9 Å². The Labute approximate surface area is 303 Å². The van der Waals surface area contributed by atoms with E-state index in [1.807, 2.05) is 54.6 Å². The molecule has 1 saturated carbocycles. The van der Waals surface area contributed by atoms with Crippen LogP contribution < -0.4 is 5.19 Å². The number of halogens is 1. The first-order chi connectivity index (χ1) is 23.3. The van der Waals surface area contributed by atoms with Crippen LogP contribution in [0.5, 0.6) is 0 Å². The summed E-state index contributed by atoms with van der Waals surface area (Å²) in [5, 5.41) is 3.52. The predicted molar refractivity (Wildman–Crippen MR) is 198 cm³/mol. The number of para-hydroxylation sites is 1. The van der Waals surface area contributed by atoms with Crippen LogP contribution in [0.2, 0.25) is 19.6 Å². The summed E-state index contributed by atoms with van der Waals surface area (Å²) in [7, 11) is -1.46. The molecule has 249 valence electrons. The van der Waals surface area contributed by atoms with Gasteiger partial charge in [0, 0.05) is 31.7 Å². The minimum atomic E-state index is -1.46. The van der Waals surface area contributed by atoms with Crippen LogP contribution in [0.15, 0.2) is 120 Å². The van der Waals surface area contributed by atoms with Crippen LogP contribution >= 0.6 is 0 Å². The third kappa shape index (κ3) is 7.83. The summed E-state index contributed by atoms with van der Waals surface area (Å²) >= 11 is 0. The van der Waals surface area contributed by atoms with Gasteiger partial charge in [-0.2, -0.15) is 0 Å². The van der Waals surface area contributed by atoms with Gasteiger partial charge in [0.25, 0.3) is 0 Å². The second-order valence-corrected chi connectivity index (χ2v) is 18.8. The Morgan fingerprint density at radius 3 is 2.22 bits per heavy atom. The smallest absolute Gasteiger partial charge is 0.142 e. The molecule has 7 aromatic rings. The van der Waals surface area contributed by atoms with Gasteiger partial charge in [-0.3, -0.25) is 0 Å². The van der Waals surface area contributed by atoms with E-state index < -0.39 is 8.07 Å². The molecule has 4 aromatic carbocycles. The fourth-order valence-corrected chi connectivity index (χ4v) is 8.21. The van der Waals surface area contributed by atoms with Gasteiger partial charge in [0.05, 0.1) is 19.9 Å². The van der Waals surface area contributed by atoms with E-state index in [1.165, 1.54) is 48.2 Å². The first kappa shape index (κ1) is 34.6. The average molecular weight is 839 g/mol. The third-order valence-corrected chi connectivity index (χ3v) is 11.3. The maximum Gasteiger partial charge on any atom is 0.142 e. The molecule has 6 heteroatoms. The molecule has 1 aliphatic carbocycles. The minimum absolute atomic E-state index is 0. The molecule has 0 aliphatic heterocycles. The molecule has 0 atom stereocenters. The van der Waals surface area contributed by atoms with Crippen molar-refractivity contribution in [3.8, 4) is 33.6 Å². The second-order valence-electron chi connectivity index (χ2n) is 13.7. The number of hydrogen-bond donors (Lipinski definition) is 0. The maximum atomic E-state index is 14.3. The number of aromatic nitrogens is 2. The van der Waals surface area contributed by atoms with Crippen LogP contribution in [0.4, 0.5) is 4.39 Å². The molecule has 0 N–H and O–H groups in total. The Balaban J connectivity index is 0.000000169. The summed E-state index contributed by atoms with van der Waals surface area (Å²) in [5.74, 6) is 0.402. The first-order valence-corrected chi connectivity index (χ1v) is 20.3. The van der Waals surface area contributed by atoms with Gasteiger partial charge in [-0.15, -0.1) is 59.7 Å². The summed E-state index contributed by atoms with van der Waals surface area (Å²) in [5.41, 5.74) is 8.69. The molecule has 0 unspecified atom stereocenters. The average Bonchev–Trinajstić information content (AvgIpc) is 3.77. The standard InChI is InChI=1S/C23H19FNO.C20H20NSi.Ir/c24-20-14-25-21(13-17(20)11-15-5-1-2-6-15)16-9-10-23-19(12-16)18-7-3-4-8-22(18)26-23;1-22(2,3)20-15-21-19(17-12-8-5-9-13-17)14-18(20)16-10-6-4-7-11-16;/h3-4,7-8,10,12-15H,1-2,5-6,11H2;4-12,14-15H,1-3H3;/q2*-1;. The zero-order valence-corrected chi connectivity index (χ0v) is 31.5. The number of pyridine rings is 2. The minimum Gasteiger partial charge on any atom is -0.500 e. The molecule has 0 amide bonds. The van der Waals surface area contributed by atoms with Crippen LogP contribution in [0, 0.1) is 23.9 Å². The SMILES string of the molecule is C[Si](C)(C)c1cnc(-c2[c-]cccc2)cc1-c1ccccc1.Fc1cnc(-c2[c-]cc3oc4ccccc4c3c2)cc1CC1CCCC1.[Ir]. The monoisotopic (exact) mass is 839 g/mol. The number of furan rings is 1. The third-order valence-electron chi connectivity index (χ3n) is 9.29. The van der Waals surface area contributed by atoms with E-state index in [4.69, 9.17) is 9.40 Å². The van der Waals surface area contributed by atoms with Crippen molar-refractivity contribution in [3.63, 3.8) is 0 Å². The Morgan fingerprint density at radius 2 is 1.47 bits per heavy atom. The number of hydrogen-bond acceptors (Lipinski definition) is 3. The molecule has 0 saturated heterocycles. The first-order valence-electron chi connectivity index (χ1n) is 16.8. The van der Waals surface area contributed by atoms with Crippen molar-refractivity contribution in [1.29, 1.82) is 0 Å². The van der Waals surface area contributed by atoms with Gasteiger partial charge in [0.1, 0.15) is 11.4 Å². The number of rotatable bonds is 6. The van der Waals surface area contributed by atoms with Crippen LogP contribution in [-0.2, 0) is 26.5 Å². The van der Waals surface area contributed by atoms with Gasteiger partial charge in [0.15, 0.2) is 0 Å². The van der Waals surface area contributed by atoms with Gasteiger partial charge in [-0.1, -0.05) is 111 Å². The summed E-state index contributed by atoms with van der Waals surface area (Å²) in [6, 6.07) is 41.1. The topological polar surface area (TPSA) is 38.9 Å². The zero-order chi connectivity index (χ0) is 33.1. The van der Waals surface area contributed by atoms with Crippen molar-refractivity contribution in [2.45, 2.75) is 51.7 Å². The molecule has 0 spiro atoms. The van der Waals surface area contributed by atoms with Crippen molar-refractivity contribution >= 4 is 35.2 Å². The van der Waals surface area contributed by atoms with E-state index in [0.717, 1.165) is 56.4 Å². The van der Waals surface area contributed by atoms with E-state index in [9.17, 15) is 4.39 Å². The van der Waals surface area contributed by atoms with Crippen molar-refractivity contribution in [2.24, 2.45) is 5.92 Å². The van der Waals surface area contributed by atoms with Crippen molar-refractivity contribution < 1.29 is 28.9 Å². The van der Waals surface area contributed by atoms with Crippen molar-refractivity contribution in [3.05, 3.63) is 139 Å². The van der Waals surface area contributed by atoms with Crippen LogP contribution in [0.3, 0.4) is 0 Å².